The van der Waals surface area contributed by atoms with Crippen LogP contribution in [0.25, 0.3) is 0 Å². The third kappa shape index (κ3) is 3.34. The molecule has 1 aromatic rings. The molecule has 0 aliphatic carbocycles. The molecule has 0 saturated heterocycles. The first-order valence-corrected chi connectivity index (χ1v) is 6.72. The zero-order valence-corrected chi connectivity index (χ0v) is 10.5. The fourth-order valence-corrected chi connectivity index (χ4v) is 2.23. The highest BCUT2D eigenvalue weighted by Gasteiger charge is 2.19. The number of benzene rings is 1. The van der Waals surface area contributed by atoms with E-state index in [1.807, 2.05) is 0 Å². The molecule has 1 aliphatic rings. The van der Waals surface area contributed by atoms with Gasteiger partial charge in [0.1, 0.15) is 13.2 Å². The number of hydrogen-bond donors (Lipinski definition) is 2. The summed E-state index contributed by atoms with van der Waals surface area (Å²) >= 11 is 0. The number of carbonyl (C=O) groups is 1. The molecule has 104 valence electrons. The number of ether oxygens (including phenoxy) is 2. The van der Waals surface area contributed by atoms with Gasteiger partial charge in [0, 0.05) is 6.07 Å². The molecule has 0 unspecified atom stereocenters. The van der Waals surface area contributed by atoms with Crippen LogP contribution in [0.4, 0.5) is 0 Å². The van der Waals surface area contributed by atoms with E-state index in [1.165, 1.54) is 18.2 Å². The minimum absolute atomic E-state index is 0.109. The Morgan fingerprint density at radius 2 is 2.00 bits per heavy atom. The zero-order valence-electron chi connectivity index (χ0n) is 9.66. The van der Waals surface area contributed by atoms with E-state index in [1.54, 1.807) is 4.89 Å². The maximum atomic E-state index is 11.8. The van der Waals surface area contributed by atoms with E-state index < -0.39 is 22.6 Å². The summed E-state index contributed by atoms with van der Waals surface area (Å²) in [6.45, 7) is -0.0394. The predicted octanol–water partition coefficient (Wildman–Crippen LogP) is -0.248. The first kappa shape index (κ1) is 13.6. The fraction of sp³-hybridized carbons (Fsp3) is 0.300. The quantitative estimate of drug-likeness (QED) is 0.719. The highest BCUT2D eigenvalue weighted by Crippen LogP contribution is 2.32. The van der Waals surface area contributed by atoms with Gasteiger partial charge in [-0.3, -0.25) is 4.84 Å². The van der Waals surface area contributed by atoms with E-state index in [4.69, 9.17) is 14.6 Å². The van der Waals surface area contributed by atoms with Crippen LogP contribution in [0.2, 0.25) is 0 Å². The molecule has 1 aromatic carbocycles. The van der Waals surface area contributed by atoms with Crippen LogP contribution >= 0.6 is 0 Å². The van der Waals surface area contributed by atoms with Crippen LogP contribution in [0.3, 0.4) is 0 Å². The van der Waals surface area contributed by atoms with Crippen molar-refractivity contribution in [2.24, 2.45) is 0 Å². The molecule has 0 amide bonds. The van der Waals surface area contributed by atoms with Crippen LogP contribution in [-0.2, 0) is 19.7 Å². The lowest BCUT2D eigenvalue weighted by Gasteiger charge is -2.18. The maximum absolute atomic E-state index is 11.8. The van der Waals surface area contributed by atoms with E-state index in [0.717, 1.165) is 0 Å². The van der Waals surface area contributed by atoms with Crippen molar-refractivity contribution in [3.8, 4) is 11.5 Å². The minimum atomic E-state index is -3.96. The van der Waals surface area contributed by atoms with E-state index in [-0.39, 0.29) is 4.90 Å². The normalized spacial score (nSPS) is 14.1. The second-order valence-electron chi connectivity index (χ2n) is 3.57. The second-order valence-corrected chi connectivity index (χ2v) is 5.22. The molecule has 2 rings (SSSR count). The van der Waals surface area contributed by atoms with E-state index in [2.05, 4.69) is 4.84 Å². The predicted molar refractivity (Wildman–Crippen MR) is 61.3 cm³/mol. The van der Waals surface area contributed by atoms with Crippen LogP contribution in [0.15, 0.2) is 23.1 Å². The number of hydrogen-bond acceptors (Lipinski definition) is 6. The van der Waals surface area contributed by atoms with Crippen molar-refractivity contribution in [1.29, 1.82) is 0 Å². The van der Waals surface area contributed by atoms with Crippen LogP contribution in [-0.4, -0.2) is 39.3 Å². The van der Waals surface area contributed by atoms with E-state index in [9.17, 15) is 13.2 Å². The number of carboxylic acid groups (broad SMARTS) is 1. The molecule has 0 aromatic heterocycles. The van der Waals surface area contributed by atoms with Crippen molar-refractivity contribution < 1.29 is 32.6 Å². The Morgan fingerprint density at radius 3 is 2.68 bits per heavy atom. The lowest BCUT2D eigenvalue weighted by Crippen LogP contribution is -2.27. The summed E-state index contributed by atoms with van der Waals surface area (Å²) < 4.78 is 34.1. The lowest BCUT2D eigenvalue weighted by molar-refractivity contribution is -0.143. The second kappa shape index (κ2) is 5.43. The molecular formula is C10H11NO7S. The molecule has 9 heteroatoms. The number of aliphatic carboxylic acids is 1. The molecular weight excluding hydrogens is 278 g/mol. The largest absolute Gasteiger partial charge is 0.486 e. The average Bonchev–Trinajstić information content (AvgIpc) is 2.37. The van der Waals surface area contributed by atoms with Gasteiger partial charge < -0.3 is 14.6 Å². The van der Waals surface area contributed by atoms with Gasteiger partial charge in [-0.1, -0.05) is 4.89 Å². The topological polar surface area (TPSA) is 111 Å². The molecule has 8 nitrogen and oxygen atoms in total. The highest BCUT2D eigenvalue weighted by molar-refractivity contribution is 7.89. The summed E-state index contributed by atoms with van der Waals surface area (Å²) in [6, 6.07) is 4.04. The molecule has 1 aliphatic heterocycles. The number of rotatable bonds is 5. The van der Waals surface area contributed by atoms with Gasteiger partial charge in [0.2, 0.25) is 0 Å². The van der Waals surface area contributed by atoms with Crippen LogP contribution in [0.1, 0.15) is 0 Å². The number of fused-ring (bicyclic) bond motifs is 1. The highest BCUT2D eigenvalue weighted by atomic mass is 32.2. The fourth-order valence-electron chi connectivity index (χ4n) is 1.41. The van der Waals surface area contributed by atoms with Gasteiger partial charge in [0.25, 0.3) is 10.0 Å². The van der Waals surface area contributed by atoms with Crippen molar-refractivity contribution in [3.63, 3.8) is 0 Å². The average molecular weight is 289 g/mol. The molecule has 19 heavy (non-hydrogen) atoms. The minimum Gasteiger partial charge on any atom is -0.486 e. The summed E-state index contributed by atoms with van der Waals surface area (Å²) in [5, 5.41) is 8.34. The Labute approximate surface area is 108 Å². The molecule has 0 fully saturated rings. The van der Waals surface area contributed by atoms with Gasteiger partial charge in [-0.05, 0) is 12.1 Å². The molecule has 0 bridgehead atoms. The smallest absolute Gasteiger partial charge is 0.331 e. The van der Waals surface area contributed by atoms with E-state index >= 15 is 0 Å². The Morgan fingerprint density at radius 1 is 1.32 bits per heavy atom. The van der Waals surface area contributed by atoms with E-state index in [0.29, 0.717) is 24.7 Å². The molecule has 0 atom stereocenters. The summed E-state index contributed by atoms with van der Waals surface area (Å²) in [6.07, 6.45) is 0. The summed E-state index contributed by atoms with van der Waals surface area (Å²) in [5.41, 5.74) is 0. The van der Waals surface area contributed by atoms with Crippen molar-refractivity contribution >= 4 is 16.0 Å². The van der Waals surface area contributed by atoms with Gasteiger partial charge in [-0.25, -0.2) is 13.2 Å². The first-order valence-electron chi connectivity index (χ1n) is 5.24. The Balaban J connectivity index is 2.14. The van der Waals surface area contributed by atoms with Gasteiger partial charge in [0.15, 0.2) is 18.1 Å². The Hall–Kier alpha value is -1.84. The lowest BCUT2D eigenvalue weighted by atomic mass is 10.3. The third-order valence-corrected chi connectivity index (χ3v) is 3.40. The standard InChI is InChI=1S/C10H11NO7S/c12-10(13)6-18-11-19(14,15)7-1-2-8-9(5-7)17-4-3-16-8/h1-2,5,11H,3-4,6H2,(H,12,13). The maximum Gasteiger partial charge on any atom is 0.331 e. The molecule has 0 saturated carbocycles. The number of carboxylic acids is 1. The molecule has 0 radical (unpaired) electrons. The first-order chi connectivity index (χ1) is 8.99. The summed E-state index contributed by atoms with van der Waals surface area (Å²) in [7, 11) is -3.96. The Kier molecular flexibility index (Phi) is 3.88. The summed E-state index contributed by atoms with van der Waals surface area (Å²) in [4.78, 5) is 16.2. The SMILES string of the molecule is O=C(O)CONS(=O)(=O)c1ccc2c(c1)OCCO2. The molecule has 1 heterocycles. The molecule has 0 spiro atoms. The van der Waals surface area contributed by atoms with Crippen molar-refractivity contribution in [3.05, 3.63) is 18.2 Å². The summed E-state index contributed by atoms with van der Waals surface area (Å²) in [5.74, 6) is -0.520. The van der Waals surface area contributed by atoms with Crippen LogP contribution in [0, 0.1) is 0 Å². The molecule has 2 N–H and O–H groups in total. The van der Waals surface area contributed by atoms with Crippen molar-refractivity contribution in [2.75, 3.05) is 19.8 Å². The number of nitrogens with one attached hydrogen (secondary N) is 1. The van der Waals surface area contributed by atoms with Gasteiger partial charge in [-0.15, -0.1) is 0 Å². The third-order valence-electron chi connectivity index (χ3n) is 2.19. The zero-order chi connectivity index (χ0) is 13.9. The van der Waals surface area contributed by atoms with Crippen molar-refractivity contribution in [2.45, 2.75) is 4.90 Å². The van der Waals surface area contributed by atoms with Crippen molar-refractivity contribution in [1.82, 2.24) is 4.89 Å². The monoisotopic (exact) mass is 289 g/mol. The van der Waals surface area contributed by atoms with Gasteiger partial charge in [0.05, 0.1) is 4.90 Å². The Bertz CT molecular complexity index is 584. The van der Waals surface area contributed by atoms with Crippen LogP contribution in [0.5, 0.6) is 11.5 Å². The number of sulfonamides is 1. The van der Waals surface area contributed by atoms with Crippen LogP contribution < -0.4 is 14.4 Å². The van der Waals surface area contributed by atoms with Gasteiger partial charge >= 0.3 is 5.97 Å². The van der Waals surface area contributed by atoms with Gasteiger partial charge in [-0.2, -0.15) is 0 Å².